The lowest BCUT2D eigenvalue weighted by Crippen LogP contribution is -2.32. The van der Waals surface area contributed by atoms with E-state index in [1.165, 1.54) is 4.68 Å². The monoisotopic (exact) mass is 424 g/mol. The summed E-state index contributed by atoms with van der Waals surface area (Å²) < 4.78 is 7.11. The standard InChI is InChI=1S/C25H20N4O3/c30-19-13-16(20-9-5-11-32-20)12-18-22(19)21(15-6-4-10-26-14-15)23-24(27-18)28-29(25(23)31)17-7-2-1-3-8-17/h1-11,14,16,21,27-28H,12-13H2. The number of anilines is 1. The van der Waals surface area contributed by atoms with E-state index in [1.807, 2.05) is 54.6 Å². The number of Topliss-reactive ketones (excluding diaryl/α,β-unsaturated/α-hetero) is 1. The van der Waals surface area contributed by atoms with Crippen LogP contribution >= 0.6 is 0 Å². The lowest BCUT2D eigenvalue weighted by Gasteiger charge is -2.33. The number of benzene rings is 1. The Morgan fingerprint density at radius 2 is 1.88 bits per heavy atom. The summed E-state index contributed by atoms with van der Waals surface area (Å²) in [4.78, 5) is 31.2. The van der Waals surface area contributed by atoms with Crippen molar-refractivity contribution in [3.63, 3.8) is 0 Å². The molecule has 0 radical (unpaired) electrons. The minimum absolute atomic E-state index is 0.0199. The highest BCUT2D eigenvalue weighted by molar-refractivity contribution is 6.01. The number of aromatic amines is 1. The van der Waals surface area contributed by atoms with Crippen LogP contribution in [0.25, 0.3) is 5.69 Å². The van der Waals surface area contributed by atoms with E-state index < -0.39 is 5.92 Å². The van der Waals surface area contributed by atoms with E-state index in [-0.39, 0.29) is 17.3 Å². The van der Waals surface area contributed by atoms with Crippen molar-refractivity contribution in [2.45, 2.75) is 24.7 Å². The molecule has 3 aromatic heterocycles. The van der Waals surface area contributed by atoms with Gasteiger partial charge in [0.2, 0.25) is 0 Å². The fraction of sp³-hybridized carbons (Fsp3) is 0.160. The quantitative estimate of drug-likeness (QED) is 0.516. The zero-order chi connectivity index (χ0) is 21.7. The Kier molecular flexibility index (Phi) is 4.21. The van der Waals surface area contributed by atoms with Crippen molar-refractivity contribution in [2.75, 3.05) is 5.32 Å². The van der Waals surface area contributed by atoms with Gasteiger partial charge in [0.15, 0.2) is 5.78 Å². The molecular weight excluding hydrogens is 404 g/mol. The molecule has 0 saturated carbocycles. The largest absolute Gasteiger partial charge is 0.469 e. The average molecular weight is 424 g/mol. The van der Waals surface area contributed by atoms with Gasteiger partial charge in [-0.1, -0.05) is 24.3 Å². The number of fused-ring (bicyclic) bond motifs is 1. The first kappa shape index (κ1) is 18.6. The third-order valence-corrected chi connectivity index (χ3v) is 6.27. The topological polar surface area (TPSA) is 92.9 Å². The molecule has 0 bridgehead atoms. The summed E-state index contributed by atoms with van der Waals surface area (Å²) in [6.07, 6.45) is 6.03. The predicted octanol–water partition coefficient (Wildman–Crippen LogP) is 4.11. The van der Waals surface area contributed by atoms with Gasteiger partial charge in [0.25, 0.3) is 5.56 Å². The molecule has 4 aromatic rings. The Bertz CT molecular complexity index is 1380. The van der Waals surface area contributed by atoms with E-state index in [2.05, 4.69) is 15.4 Å². The van der Waals surface area contributed by atoms with Gasteiger partial charge < -0.3 is 9.73 Å². The smallest absolute Gasteiger partial charge is 0.277 e. The number of ketones is 1. The van der Waals surface area contributed by atoms with Crippen molar-refractivity contribution >= 4 is 11.6 Å². The van der Waals surface area contributed by atoms with Gasteiger partial charge in [-0.2, -0.15) is 0 Å². The highest BCUT2D eigenvalue weighted by Crippen LogP contribution is 2.46. The van der Waals surface area contributed by atoms with E-state index >= 15 is 0 Å². The fourth-order valence-electron chi connectivity index (χ4n) is 4.86. The number of furan rings is 1. The minimum Gasteiger partial charge on any atom is -0.469 e. The molecule has 1 aromatic carbocycles. The number of para-hydroxylation sites is 1. The number of hydrogen-bond donors (Lipinski definition) is 2. The van der Waals surface area contributed by atoms with Crippen LogP contribution in [0.1, 0.15) is 41.6 Å². The second-order valence-corrected chi connectivity index (χ2v) is 8.16. The van der Waals surface area contributed by atoms with Crippen LogP contribution in [0.2, 0.25) is 0 Å². The van der Waals surface area contributed by atoms with Crippen LogP contribution in [0.5, 0.6) is 0 Å². The van der Waals surface area contributed by atoms with Crippen LogP contribution in [0.4, 0.5) is 5.82 Å². The third kappa shape index (κ3) is 2.85. The van der Waals surface area contributed by atoms with E-state index in [0.29, 0.717) is 29.8 Å². The summed E-state index contributed by atoms with van der Waals surface area (Å²) in [6, 6.07) is 16.9. The van der Waals surface area contributed by atoms with Crippen molar-refractivity contribution in [3.8, 4) is 5.69 Å². The first-order valence-corrected chi connectivity index (χ1v) is 10.6. The Hall–Kier alpha value is -4.13. The number of pyridine rings is 1. The number of H-pyrrole nitrogens is 1. The normalized spacial score (nSPS) is 19.9. The second kappa shape index (κ2) is 7.23. The highest BCUT2D eigenvalue weighted by atomic mass is 16.3. The molecule has 7 nitrogen and oxygen atoms in total. The van der Waals surface area contributed by atoms with Gasteiger partial charge in [0.05, 0.1) is 17.5 Å². The molecule has 32 heavy (non-hydrogen) atoms. The lowest BCUT2D eigenvalue weighted by atomic mass is 9.74. The molecular formula is C25H20N4O3. The van der Waals surface area contributed by atoms with Crippen LogP contribution in [0, 0.1) is 0 Å². The molecule has 1 aliphatic carbocycles. The molecule has 2 N–H and O–H groups in total. The SMILES string of the molecule is O=C1CC(c2ccco2)CC2=C1C(c1cccnc1)c1c([nH]n(-c3ccccc3)c1=O)N2. The van der Waals surface area contributed by atoms with Gasteiger partial charge in [0.1, 0.15) is 11.6 Å². The molecule has 0 amide bonds. The number of allylic oxidation sites excluding steroid dienone is 2. The molecule has 1 aliphatic heterocycles. The van der Waals surface area contributed by atoms with Gasteiger partial charge in [-0.15, -0.1) is 0 Å². The molecule has 0 saturated heterocycles. The minimum atomic E-state index is -0.478. The number of aromatic nitrogens is 3. The average Bonchev–Trinajstić information content (AvgIpc) is 3.47. The van der Waals surface area contributed by atoms with Crippen LogP contribution in [-0.4, -0.2) is 20.5 Å². The summed E-state index contributed by atoms with van der Waals surface area (Å²) in [5.74, 6) is 0.910. The van der Waals surface area contributed by atoms with Crippen molar-refractivity contribution in [1.82, 2.24) is 14.8 Å². The molecule has 2 atom stereocenters. The Balaban J connectivity index is 1.53. The zero-order valence-electron chi connectivity index (χ0n) is 17.1. The Labute approximate surface area is 183 Å². The Morgan fingerprint density at radius 3 is 2.62 bits per heavy atom. The van der Waals surface area contributed by atoms with Crippen molar-refractivity contribution in [1.29, 1.82) is 0 Å². The fourth-order valence-corrected chi connectivity index (χ4v) is 4.86. The summed E-state index contributed by atoms with van der Waals surface area (Å²) in [6.45, 7) is 0. The third-order valence-electron chi connectivity index (χ3n) is 6.27. The lowest BCUT2D eigenvalue weighted by molar-refractivity contribution is -0.116. The molecule has 0 spiro atoms. The molecule has 2 aliphatic rings. The van der Waals surface area contributed by atoms with Crippen molar-refractivity contribution in [2.24, 2.45) is 0 Å². The maximum Gasteiger partial charge on any atom is 0.277 e. The summed E-state index contributed by atoms with van der Waals surface area (Å²) in [7, 11) is 0. The van der Waals surface area contributed by atoms with Gasteiger partial charge >= 0.3 is 0 Å². The van der Waals surface area contributed by atoms with Crippen molar-refractivity contribution < 1.29 is 9.21 Å². The van der Waals surface area contributed by atoms with Crippen LogP contribution in [0.15, 0.2) is 93.7 Å². The number of hydrogen-bond acceptors (Lipinski definition) is 5. The van der Waals surface area contributed by atoms with E-state index in [1.54, 1.807) is 18.7 Å². The number of rotatable bonds is 3. The molecule has 4 heterocycles. The number of nitrogens with zero attached hydrogens (tertiary/aromatic N) is 2. The molecule has 6 rings (SSSR count). The molecule has 158 valence electrons. The number of nitrogens with one attached hydrogen (secondary N) is 2. The zero-order valence-corrected chi connectivity index (χ0v) is 17.1. The predicted molar refractivity (Wildman–Crippen MR) is 119 cm³/mol. The van der Waals surface area contributed by atoms with E-state index in [4.69, 9.17) is 4.42 Å². The summed E-state index contributed by atoms with van der Waals surface area (Å²) in [5, 5.41) is 6.59. The van der Waals surface area contributed by atoms with Crippen LogP contribution < -0.4 is 10.9 Å². The number of carbonyl (C=O) groups is 1. The van der Waals surface area contributed by atoms with Gasteiger partial charge in [-0.25, -0.2) is 4.68 Å². The maximum absolute atomic E-state index is 13.6. The van der Waals surface area contributed by atoms with E-state index in [9.17, 15) is 9.59 Å². The van der Waals surface area contributed by atoms with Crippen LogP contribution in [-0.2, 0) is 4.79 Å². The molecule has 7 heteroatoms. The Morgan fingerprint density at radius 1 is 1.00 bits per heavy atom. The summed E-state index contributed by atoms with van der Waals surface area (Å²) >= 11 is 0. The maximum atomic E-state index is 13.6. The van der Waals surface area contributed by atoms with Crippen LogP contribution in [0.3, 0.4) is 0 Å². The van der Waals surface area contributed by atoms with Gasteiger partial charge in [0, 0.05) is 41.9 Å². The first-order valence-electron chi connectivity index (χ1n) is 10.6. The summed E-state index contributed by atoms with van der Waals surface area (Å²) in [5.41, 5.74) is 3.38. The second-order valence-electron chi connectivity index (χ2n) is 8.16. The molecule has 2 unspecified atom stereocenters. The van der Waals surface area contributed by atoms with Gasteiger partial charge in [-0.3, -0.25) is 19.7 Å². The first-order chi connectivity index (χ1) is 15.7. The molecule has 0 fully saturated rings. The van der Waals surface area contributed by atoms with Gasteiger partial charge in [-0.05, 0) is 42.3 Å². The highest BCUT2D eigenvalue weighted by Gasteiger charge is 2.41. The van der Waals surface area contributed by atoms with Crippen molar-refractivity contribution in [3.05, 3.63) is 112 Å². The van der Waals surface area contributed by atoms with E-state index in [0.717, 1.165) is 22.7 Å². The number of carbonyl (C=O) groups excluding carboxylic acids is 1.